The smallest absolute Gasteiger partial charge is 0.363 e. The number of rotatable bonds is 2. The van der Waals surface area contributed by atoms with Gasteiger partial charge in [-0.05, 0) is 0 Å². The summed E-state index contributed by atoms with van der Waals surface area (Å²) in [5, 5.41) is 5.69. The first kappa shape index (κ1) is 8.15. The van der Waals surface area contributed by atoms with Crippen molar-refractivity contribution in [2.45, 2.75) is 18.6 Å². The molecule has 0 aliphatic carbocycles. The standard InChI is InChI=1S/C4H6N2O4S/c1-2-3-5-6-4(10-3)11(7,8)9/h2H2,1H3,(H,7,8,9). The second kappa shape index (κ2) is 2.59. The fraction of sp³-hybridized carbons (Fsp3) is 0.500. The second-order valence-corrected chi connectivity index (χ2v) is 3.09. The van der Waals surface area contributed by atoms with Crippen molar-refractivity contribution < 1.29 is 17.4 Å². The molecule has 11 heavy (non-hydrogen) atoms. The summed E-state index contributed by atoms with van der Waals surface area (Å²) >= 11 is 0. The van der Waals surface area contributed by atoms with Gasteiger partial charge in [0, 0.05) is 6.42 Å². The van der Waals surface area contributed by atoms with Crippen LogP contribution in [-0.4, -0.2) is 23.2 Å². The third kappa shape index (κ3) is 1.75. The van der Waals surface area contributed by atoms with Gasteiger partial charge in [-0.2, -0.15) is 8.42 Å². The predicted molar refractivity (Wildman–Crippen MR) is 33.5 cm³/mol. The average molecular weight is 178 g/mol. The average Bonchev–Trinajstić information content (AvgIpc) is 2.32. The van der Waals surface area contributed by atoms with Crippen LogP contribution in [0.5, 0.6) is 0 Å². The van der Waals surface area contributed by atoms with Gasteiger partial charge in [-0.1, -0.05) is 12.0 Å². The van der Waals surface area contributed by atoms with Crippen molar-refractivity contribution in [1.82, 2.24) is 10.2 Å². The van der Waals surface area contributed by atoms with Crippen LogP contribution in [-0.2, 0) is 16.5 Å². The topological polar surface area (TPSA) is 93.3 Å². The molecule has 1 heterocycles. The fourth-order valence-corrected chi connectivity index (χ4v) is 0.831. The first-order valence-electron chi connectivity index (χ1n) is 2.84. The molecular formula is C4H6N2O4S. The summed E-state index contributed by atoms with van der Waals surface area (Å²) in [6.07, 6.45) is 0.433. The molecule has 7 heteroatoms. The van der Waals surface area contributed by atoms with E-state index in [1.807, 2.05) is 0 Å². The number of aryl methyl sites for hydroxylation is 1. The minimum absolute atomic E-state index is 0.178. The highest BCUT2D eigenvalue weighted by atomic mass is 32.2. The summed E-state index contributed by atoms with van der Waals surface area (Å²) < 4.78 is 33.6. The first-order chi connectivity index (χ1) is 5.04. The van der Waals surface area contributed by atoms with Crippen LogP contribution in [0, 0.1) is 0 Å². The minimum atomic E-state index is -4.33. The van der Waals surface area contributed by atoms with Crippen molar-refractivity contribution in [3.05, 3.63) is 5.89 Å². The molecule has 0 aromatic carbocycles. The van der Waals surface area contributed by atoms with Crippen LogP contribution in [0.3, 0.4) is 0 Å². The fourth-order valence-electron chi connectivity index (χ4n) is 0.485. The van der Waals surface area contributed by atoms with E-state index < -0.39 is 15.3 Å². The lowest BCUT2D eigenvalue weighted by molar-refractivity contribution is 0.371. The second-order valence-electron chi connectivity index (χ2n) is 1.79. The molecule has 0 amide bonds. The number of nitrogens with zero attached hydrogens (tertiary/aromatic N) is 2. The molecule has 0 aliphatic rings. The molecule has 1 rings (SSSR count). The maximum Gasteiger partial charge on any atom is 0.363 e. The molecule has 0 aliphatic heterocycles. The number of aromatic nitrogens is 2. The van der Waals surface area contributed by atoms with Crippen molar-refractivity contribution in [1.29, 1.82) is 0 Å². The van der Waals surface area contributed by atoms with Gasteiger partial charge in [0.15, 0.2) is 0 Å². The highest BCUT2D eigenvalue weighted by Gasteiger charge is 2.17. The van der Waals surface area contributed by atoms with E-state index in [1.165, 1.54) is 0 Å². The Morgan fingerprint density at radius 2 is 2.18 bits per heavy atom. The van der Waals surface area contributed by atoms with Gasteiger partial charge < -0.3 is 4.42 Å². The van der Waals surface area contributed by atoms with Crippen molar-refractivity contribution >= 4 is 10.1 Å². The molecule has 0 unspecified atom stereocenters. The Morgan fingerprint density at radius 3 is 2.45 bits per heavy atom. The summed E-state index contributed by atoms with van der Waals surface area (Å²) in [5.74, 6) is 0.178. The SMILES string of the molecule is CCc1nnc(S(=O)(=O)O)o1. The van der Waals surface area contributed by atoms with Crippen LogP contribution in [0.25, 0.3) is 0 Å². The lowest BCUT2D eigenvalue weighted by atomic mass is 10.5. The minimum Gasteiger partial charge on any atom is -0.411 e. The Morgan fingerprint density at radius 1 is 1.55 bits per heavy atom. The molecule has 62 valence electrons. The maximum absolute atomic E-state index is 10.3. The molecule has 0 spiro atoms. The number of hydrogen-bond donors (Lipinski definition) is 1. The quantitative estimate of drug-likeness (QED) is 0.634. The van der Waals surface area contributed by atoms with E-state index in [2.05, 4.69) is 14.6 Å². The van der Waals surface area contributed by atoms with Gasteiger partial charge in [-0.15, -0.1) is 5.10 Å². The summed E-state index contributed by atoms with van der Waals surface area (Å²) in [6, 6.07) is 0. The molecule has 1 aromatic rings. The van der Waals surface area contributed by atoms with E-state index in [-0.39, 0.29) is 5.89 Å². The van der Waals surface area contributed by atoms with Gasteiger partial charge in [0.05, 0.1) is 0 Å². The van der Waals surface area contributed by atoms with Crippen LogP contribution >= 0.6 is 0 Å². The van der Waals surface area contributed by atoms with Crippen molar-refractivity contribution in [2.75, 3.05) is 0 Å². The lowest BCUT2D eigenvalue weighted by Gasteiger charge is -1.84. The van der Waals surface area contributed by atoms with Crippen molar-refractivity contribution in [3.8, 4) is 0 Å². The highest BCUT2D eigenvalue weighted by Crippen LogP contribution is 2.05. The molecule has 0 radical (unpaired) electrons. The lowest BCUT2D eigenvalue weighted by Crippen LogP contribution is -1.97. The van der Waals surface area contributed by atoms with Crippen LogP contribution < -0.4 is 0 Å². The zero-order valence-electron chi connectivity index (χ0n) is 5.68. The maximum atomic E-state index is 10.3. The highest BCUT2D eigenvalue weighted by molar-refractivity contribution is 7.85. The third-order valence-corrected chi connectivity index (χ3v) is 1.58. The molecule has 0 fully saturated rings. The molecule has 0 atom stereocenters. The Balaban J connectivity index is 3.09. The van der Waals surface area contributed by atoms with Crippen molar-refractivity contribution in [3.63, 3.8) is 0 Å². The molecule has 0 saturated carbocycles. The van der Waals surface area contributed by atoms with Gasteiger partial charge >= 0.3 is 15.3 Å². The molecule has 0 saturated heterocycles. The van der Waals surface area contributed by atoms with Gasteiger partial charge in [0.1, 0.15) is 0 Å². The van der Waals surface area contributed by atoms with Gasteiger partial charge in [-0.25, -0.2) is 0 Å². The monoisotopic (exact) mass is 178 g/mol. The zero-order valence-corrected chi connectivity index (χ0v) is 6.50. The van der Waals surface area contributed by atoms with E-state index in [0.717, 1.165) is 0 Å². The molecule has 6 nitrogen and oxygen atoms in total. The summed E-state index contributed by atoms with van der Waals surface area (Å²) in [6.45, 7) is 1.72. The molecule has 1 N–H and O–H groups in total. The summed E-state index contributed by atoms with van der Waals surface area (Å²) in [7, 11) is -4.33. The van der Waals surface area contributed by atoms with Crippen molar-refractivity contribution in [2.24, 2.45) is 0 Å². The molecule has 0 bridgehead atoms. The normalized spacial score (nSPS) is 11.8. The van der Waals surface area contributed by atoms with E-state index in [9.17, 15) is 8.42 Å². The molecule has 1 aromatic heterocycles. The largest absolute Gasteiger partial charge is 0.411 e. The Labute approximate surface area is 63.0 Å². The van der Waals surface area contributed by atoms with Crippen LogP contribution in [0.15, 0.2) is 9.64 Å². The van der Waals surface area contributed by atoms with E-state index >= 15 is 0 Å². The summed E-state index contributed by atoms with van der Waals surface area (Å²) in [5.41, 5.74) is 0. The van der Waals surface area contributed by atoms with Crippen LogP contribution in [0.1, 0.15) is 12.8 Å². The van der Waals surface area contributed by atoms with E-state index in [1.54, 1.807) is 6.92 Å². The first-order valence-corrected chi connectivity index (χ1v) is 4.28. The Kier molecular flexibility index (Phi) is 1.92. The number of hydrogen-bond acceptors (Lipinski definition) is 5. The Hall–Kier alpha value is -0.950. The third-order valence-electron chi connectivity index (χ3n) is 0.971. The van der Waals surface area contributed by atoms with Crippen LogP contribution in [0.4, 0.5) is 0 Å². The molecular weight excluding hydrogens is 172 g/mol. The van der Waals surface area contributed by atoms with E-state index in [0.29, 0.717) is 6.42 Å². The van der Waals surface area contributed by atoms with E-state index in [4.69, 9.17) is 4.55 Å². The van der Waals surface area contributed by atoms with Gasteiger partial charge in [0.25, 0.3) is 0 Å². The zero-order chi connectivity index (χ0) is 8.48. The van der Waals surface area contributed by atoms with Gasteiger partial charge in [0.2, 0.25) is 5.89 Å². The predicted octanol–water partition coefficient (Wildman–Crippen LogP) is -0.121. The van der Waals surface area contributed by atoms with Crippen LogP contribution in [0.2, 0.25) is 0 Å². The summed E-state index contributed by atoms with van der Waals surface area (Å²) in [4.78, 5) is 0. The van der Waals surface area contributed by atoms with Gasteiger partial charge in [-0.3, -0.25) is 4.55 Å². The Bertz CT molecular complexity index is 341.